The average molecular weight is 371 g/mol. The number of allylic oxidation sites excluding steroid dienone is 1. The molecule has 2 aliphatic carbocycles. The second kappa shape index (κ2) is 9.96. The van der Waals surface area contributed by atoms with Crippen LogP contribution in [-0.2, 0) is 9.53 Å². The molecule has 1 aromatic carbocycles. The number of benzene rings is 1. The van der Waals surface area contributed by atoms with E-state index in [4.69, 9.17) is 9.47 Å². The van der Waals surface area contributed by atoms with Gasteiger partial charge >= 0.3 is 5.97 Å². The first-order valence-electron chi connectivity index (χ1n) is 10.7. The highest BCUT2D eigenvalue weighted by Gasteiger charge is 2.32. The minimum absolute atomic E-state index is 0.130. The Hall–Kier alpha value is -1.77. The molecule has 3 nitrogen and oxygen atoms in total. The van der Waals surface area contributed by atoms with Gasteiger partial charge < -0.3 is 9.47 Å². The minimum atomic E-state index is -0.166. The fourth-order valence-electron chi connectivity index (χ4n) is 4.90. The molecule has 3 heteroatoms. The number of rotatable bonds is 6. The van der Waals surface area contributed by atoms with Crippen LogP contribution < -0.4 is 4.74 Å². The minimum Gasteiger partial charge on any atom is -0.497 e. The summed E-state index contributed by atoms with van der Waals surface area (Å²) in [4.78, 5) is 11.7. The molecule has 0 heterocycles. The van der Waals surface area contributed by atoms with Crippen molar-refractivity contribution >= 4 is 5.97 Å². The lowest BCUT2D eigenvalue weighted by atomic mass is 9.69. The highest BCUT2D eigenvalue weighted by molar-refractivity contribution is 5.82. The smallest absolute Gasteiger partial charge is 0.330 e. The van der Waals surface area contributed by atoms with Gasteiger partial charge in [0.15, 0.2) is 0 Å². The predicted molar refractivity (Wildman–Crippen MR) is 109 cm³/mol. The molecule has 0 unspecified atom stereocenters. The van der Waals surface area contributed by atoms with Gasteiger partial charge in [0.25, 0.3) is 0 Å². The molecule has 1 aromatic rings. The van der Waals surface area contributed by atoms with Crippen molar-refractivity contribution in [2.75, 3.05) is 7.11 Å². The lowest BCUT2D eigenvalue weighted by molar-refractivity contribution is -0.145. The van der Waals surface area contributed by atoms with Crippen molar-refractivity contribution in [3.05, 3.63) is 42.0 Å². The Balaban J connectivity index is 1.41. The monoisotopic (exact) mass is 370 g/mol. The van der Waals surface area contributed by atoms with E-state index in [1.807, 2.05) is 13.0 Å². The molecule has 0 saturated heterocycles. The highest BCUT2D eigenvalue weighted by atomic mass is 16.5. The van der Waals surface area contributed by atoms with Gasteiger partial charge in [-0.05, 0) is 93.2 Å². The molecule has 0 atom stereocenters. The first-order valence-corrected chi connectivity index (χ1v) is 10.7. The third-order valence-electron chi connectivity index (χ3n) is 6.52. The predicted octanol–water partition coefficient (Wildman–Crippen LogP) is 6.04. The van der Waals surface area contributed by atoms with Crippen LogP contribution in [0.1, 0.15) is 76.2 Å². The van der Waals surface area contributed by atoms with E-state index < -0.39 is 0 Å². The zero-order valence-electron chi connectivity index (χ0n) is 16.9. The molecular weight excluding hydrogens is 336 g/mol. The van der Waals surface area contributed by atoms with Gasteiger partial charge in [0.2, 0.25) is 0 Å². The van der Waals surface area contributed by atoms with Gasteiger partial charge in [0.1, 0.15) is 11.9 Å². The Morgan fingerprint density at radius 3 is 2.11 bits per heavy atom. The van der Waals surface area contributed by atoms with E-state index in [1.54, 1.807) is 13.2 Å². The van der Waals surface area contributed by atoms with E-state index in [9.17, 15) is 4.79 Å². The second-order valence-corrected chi connectivity index (χ2v) is 8.17. The average Bonchev–Trinajstić information content (AvgIpc) is 2.73. The SMILES string of the molecule is CCC=CC(=O)OC1CCC(C2CCC(c3ccc(OC)cc3)CC2)CC1. The zero-order valence-corrected chi connectivity index (χ0v) is 16.9. The van der Waals surface area contributed by atoms with E-state index in [-0.39, 0.29) is 12.1 Å². The second-order valence-electron chi connectivity index (χ2n) is 8.17. The Labute approximate surface area is 164 Å². The summed E-state index contributed by atoms with van der Waals surface area (Å²) in [5.41, 5.74) is 1.46. The summed E-state index contributed by atoms with van der Waals surface area (Å²) in [6, 6.07) is 8.63. The van der Waals surface area contributed by atoms with Crippen molar-refractivity contribution in [1.82, 2.24) is 0 Å². The maximum atomic E-state index is 11.7. The lowest BCUT2D eigenvalue weighted by Crippen LogP contribution is -2.29. The van der Waals surface area contributed by atoms with Crippen LogP contribution in [0.15, 0.2) is 36.4 Å². The lowest BCUT2D eigenvalue weighted by Gasteiger charge is -2.37. The maximum Gasteiger partial charge on any atom is 0.330 e. The van der Waals surface area contributed by atoms with Gasteiger partial charge in [0.05, 0.1) is 7.11 Å². The number of ether oxygens (including phenoxy) is 2. The Kier molecular flexibility index (Phi) is 7.37. The third kappa shape index (κ3) is 5.60. The van der Waals surface area contributed by atoms with Crippen LogP contribution in [0.4, 0.5) is 0 Å². The molecule has 0 N–H and O–H groups in total. The molecule has 3 rings (SSSR count). The fourth-order valence-corrected chi connectivity index (χ4v) is 4.90. The molecule has 0 spiro atoms. The van der Waals surface area contributed by atoms with Crippen LogP contribution in [0.25, 0.3) is 0 Å². The maximum absolute atomic E-state index is 11.7. The van der Waals surface area contributed by atoms with E-state index in [0.29, 0.717) is 5.92 Å². The molecule has 2 aliphatic rings. The van der Waals surface area contributed by atoms with Crippen molar-refractivity contribution in [3.8, 4) is 5.75 Å². The van der Waals surface area contributed by atoms with Crippen LogP contribution in [0.2, 0.25) is 0 Å². The molecule has 0 aromatic heterocycles. The van der Waals surface area contributed by atoms with Crippen molar-refractivity contribution in [1.29, 1.82) is 0 Å². The largest absolute Gasteiger partial charge is 0.497 e. The van der Waals surface area contributed by atoms with Gasteiger partial charge in [-0.1, -0.05) is 25.1 Å². The van der Waals surface area contributed by atoms with Crippen LogP contribution in [0.5, 0.6) is 5.75 Å². The molecular formula is C24H34O3. The molecule has 148 valence electrons. The number of hydrogen-bond acceptors (Lipinski definition) is 3. The summed E-state index contributed by atoms with van der Waals surface area (Å²) in [5, 5.41) is 0. The van der Waals surface area contributed by atoms with Crippen LogP contribution in [0.3, 0.4) is 0 Å². The van der Waals surface area contributed by atoms with Gasteiger partial charge in [-0.25, -0.2) is 4.79 Å². The molecule has 0 aliphatic heterocycles. The van der Waals surface area contributed by atoms with E-state index in [2.05, 4.69) is 24.3 Å². The number of carbonyl (C=O) groups is 1. The van der Waals surface area contributed by atoms with Crippen LogP contribution >= 0.6 is 0 Å². The summed E-state index contributed by atoms with van der Waals surface area (Å²) < 4.78 is 10.9. The normalized spacial score (nSPS) is 28.8. The van der Waals surface area contributed by atoms with Gasteiger partial charge in [0, 0.05) is 6.08 Å². The van der Waals surface area contributed by atoms with Crippen LogP contribution in [-0.4, -0.2) is 19.2 Å². The molecule has 2 fully saturated rings. The highest BCUT2D eigenvalue weighted by Crippen LogP contribution is 2.43. The fraction of sp³-hybridized carbons (Fsp3) is 0.625. The summed E-state index contributed by atoms with van der Waals surface area (Å²) in [6.45, 7) is 2.03. The summed E-state index contributed by atoms with van der Waals surface area (Å²) >= 11 is 0. The zero-order chi connectivity index (χ0) is 19.1. The van der Waals surface area contributed by atoms with Gasteiger partial charge in [-0.15, -0.1) is 0 Å². The molecule has 27 heavy (non-hydrogen) atoms. The van der Waals surface area contributed by atoms with E-state index in [0.717, 1.165) is 36.8 Å². The topological polar surface area (TPSA) is 35.5 Å². The number of methoxy groups -OCH3 is 1. The molecule has 0 bridgehead atoms. The first kappa shape index (κ1) is 20.0. The van der Waals surface area contributed by atoms with Crippen molar-refractivity contribution in [2.45, 2.75) is 76.7 Å². The Morgan fingerprint density at radius 2 is 1.56 bits per heavy atom. The Bertz CT molecular complexity index is 603. The third-order valence-corrected chi connectivity index (χ3v) is 6.52. The van der Waals surface area contributed by atoms with Gasteiger partial charge in [-0.3, -0.25) is 0 Å². The van der Waals surface area contributed by atoms with E-state index >= 15 is 0 Å². The molecule has 2 saturated carbocycles. The van der Waals surface area contributed by atoms with E-state index in [1.165, 1.54) is 44.1 Å². The number of hydrogen-bond donors (Lipinski definition) is 0. The van der Waals surface area contributed by atoms with Gasteiger partial charge in [-0.2, -0.15) is 0 Å². The Morgan fingerprint density at radius 1 is 0.963 bits per heavy atom. The van der Waals surface area contributed by atoms with Crippen molar-refractivity contribution in [3.63, 3.8) is 0 Å². The quantitative estimate of drug-likeness (QED) is 0.452. The van der Waals surface area contributed by atoms with Crippen LogP contribution in [0, 0.1) is 11.8 Å². The standard InChI is InChI=1S/C24H34O3/c1-3-4-5-24(25)27-23-16-12-21(13-17-23)19-8-6-18(7-9-19)20-10-14-22(26-2)15-11-20/h4-5,10-11,14-15,18-19,21,23H,3,6-9,12-13,16-17H2,1-2H3. The number of esters is 1. The number of carbonyl (C=O) groups excluding carboxylic acids is 1. The molecule has 0 amide bonds. The first-order chi connectivity index (χ1) is 13.2. The molecule has 0 radical (unpaired) electrons. The summed E-state index contributed by atoms with van der Waals surface area (Å²) in [6.07, 6.45) is 14.2. The summed E-state index contributed by atoms with van der Waals surface area (Å²) in [5.74, 6) is 3.16. The van der Waals surface area contributed by atoms with Crippen molar-refractivity contribution < 1.29 is 14.3 Å². The summed E-state index contributed by atoms with van der Waals surface area (Å²) in [7, 11) is 1.72. The van der Waals surface area contributed by atoms with Crippen molar-refractivity contribution in [2.24, 2.45) is 11.8 Å².